The average molecular weight is 420 g/mol. The van der Waals surface area contributed by atoms with Crippen molar-refractivity contribution in [3.63, 3.8) is 0 Å². The number of aryl methyl sites for hydroxylation is 1. The van der Waals surface area contributed by atoms with E-state index < -0.39 is 15.3 Å². The monoisotopic (exact) mass is 419 g/mol. The molecule has 3 aromatic rings. The van der Waals surface area contributed by atoms with Gasteiger partial charge in [-0.1, -0.05) is 23.9 Å². The zero-order valence-electron chi connectivity index (χ0n) is 16.0. The molecule has 28 heavy (non-hydrogen) atoms. The Balaban J connectivity index is 1.76. The number of benzene rings is 2. The number of thioether (sulfide) groups is 1. The Morgan fingerprint density at radius 1 is 1.21 bits per heavy atom. The molecule has 0 spiro atoms. The largest absolute Gasteiger partial charge is 0.431 e. The first kappa shape index (κ1) is 20.4. The number of nitrogens with one attached hydrogen (secondary N) is 1. The van der Waals surface area contributed by atoms with Crippen molar-refractivity contribution in [2.24, 2.45) is 0 Å². The van der Waals surface area contributed by atoms with Crippen LogP contribution in [0.15, 0.2) is 57.0 Å². The number of rotatable bonds is 6. The number of nitrogens with zero attached hydrogens (tertiary/aromatic N) is 2. The number of hydrogen-bond donors (Lipinski definition) is 1. The minimum atomic E-state index is -3.55. The van der Waals surface area contributed by atoms with Gasteiger partial charge in [0.1, 0.15) is 5.52 Å². The molecule has 0 radical (unpaired) electrons. The molecule has 148 valence electrons. The van der Waals surface area contributed by atoms with E-state index in [1.807, 2.05) is 31.2 Å². The summed E-state index contributed by atoms with van der Waals surface area (Å²) in [5, 5.41) is 2.72. The van der Waals surface area contributed by atoms with E-state index in [-0.39, 0.29) is 10.8 Å². The van der Waals surface area contributed by atoms with Crippen molar-refractivity contribution < 1.29 is 17.6 Å². The standard InChI is InChI=1S/C19H21N3O4S2/c1-12-6-5-7-14(10-12)20-18(23)13(2)27-19-21-16-11-15(8-9-17(16)26-19)28(24,25)22(3)4/h5-11,13H,1-4H3,(H,20,23)/t13-/m1/s1. The lowest BCUT2D eigenvalue weighted by Gasteiger charge is -2.10. The van der Waals surface area contributed by atoms with Crippen LogP contribution in [-0.4, -0.2) is 43.0 Å². The lowest BCUT2D eigenvalue weighted by atomic mass is 10.2. The van der Waals surface area contributed by atoms with Crippen LogP contribution in [-0.2, 0) is 14.8 Å². The summed E-state index contributed by atoms with van der Waals surface area (Å²) in [5.41, 5.74) is 2.68. The highest BCUT2D eigenvalue weighted by Gasteiger charge is 2.21. The Hall–Kier alpha value is -2.36. The molecular formula is C19H21N3O4S2. The summed E-state index contributed by atoms with van der Waals surface area (Å²) < 4.78 is 31.3. The van der Waals surface area contributed by atoms with Crippen LogP contribution in [0, 0.1) is 6.92 Å². The van der Waals surface area contributed by atoms with Crippen LogP contribution in [0.5, 0.6) is 0 Å². The van der Waals surface area contributed by atoms with Crippen LogP contribution >= 0.6 is 11.8 Å². The number of amides is 1. The molecule has 0 saturated heterocycles. The number of oxazole rings is 1. The molecule has 1 heterocycles. The minimum absolute atomic E-state index is 0.139. The van der Waals surface area contributed by atoms with E-state index in [0.29, 0.717) is 16.3 Å². The van der Waals surface area contributed by atoms with E-state index in [1.54, 1.807) is 13.0 Å². The summed E-state index contributed by atoms with van der Waals surface area (Å²) in [6.45, 7) is 3.71. The van der Waals surface area contributed by atoms with Crippen LogP contribution < -0.4 is 5.32 Å². The maximum Gasteiger partial charge on any atom is 0.257 e. The Morgan fingerprint density at radius 2 is 1.96 bits per heavy atom. The molecule has 0 unspecified atom stereocenters. The van der Waals surface area contributed by atoms with E-state index in [2.05, 4.69) is 10.3 Å². The second kappa shape index (κ2) is 7.94. The highest BCUT2D eigenvalue weighted by Crippen LogP contribution is 2.29. The van der Waals surface area contributed by atoms with Gasteiger partial charge in [0.25, 0.3) is 5.22 Å². The first-order valence-electron chi connectivity index (χ1n) is 8.54. The minimum Gasteiger partial charge on any atom is -0.431 e. The van der Waals surface area contributed by atoms with Gasteiger partial charge in [-0.05, 0) is 49.7 Å². The van der Waals surface area contributed by atoms with Crippen LogP contribution in [0.25, 0.3) is 11.1 Å². The van der Waals surface area contributed by atoms with Crippen molar-refractivity contribution in [2.75, 3.05) is 19.4 Å². The third-order valence-corrected chi connectivity index (χ3v) is 6.81. The van der Waals surface area contributed by atoms with Gasteiger partial charge >= 0.3 is 0 Å². The summed E-state index contributed by atoms with van der Waals surface area (Å²) in [6, 6.07) is 12.1. The fourth-order valence-corrected chi connectivity index (χ4v) is 4.16. The molecule has 0 saturated carbocycles. The van der Waals surface area contributed by atoms with Gasteiger partial charge in [-0.25, -0.2) is 17.7 Å². The van der Waals surface area contributed by atoms with Crippen molar-refractivity contribution in [1.29, 1.82) is 0 Å². The molecule has 0 fully saturated rings. The lowest BCUT2D eigenvalue weighted by molar-refractivity contribution is -0.115. The van der Waals surface area contributed by atoms with Gasteiger partial charge in [-0.3, -0.25) is 4.79 Å². The van der Waals surface area contributed by atoms with Gasteiger partial charge in [0.05, 0.1) is 10.1 Å². The van der Waals surface area contributed by atoms with Gasteiger partial charge in [0.2, 0.25) is 15.9 Å². The smallest absolute Gasteiger partial charge is 0.257 e. The zero-order chi connectivity index (χ0) is 20.5. The molecule has 1 amide bonds. The third kappa shape index (κ3) is 4.37. The normalized spacial score (nSPS) is 13.0. The van der Waals surface area contributed by atoms with E-state index in [9.17, 15) is 13.2 Å². The molecule has 2 aromatic carbocycles. The maximum atomic E-state index is 12.4. The molecular weight excluding hydrogens is 398 g/mol. The number of carbonyl (C=O) groups is 1. The number of fused-ring (bicyclic) bond motifs is 1. The van der Waals surface area contributed by atoms with Crippen molar-refractivity contribution in [2.45, 2.75) is 29.2 Å². The molecule has 1 aromatic heterocycles. The van der Waals surface area contributed by atoms with E-state index in [1.165, 1.54) is 38.0 Å². The molecule has 9 heteroatoms. The van der Waals surface area contributed by atoms with Crippen LogP contribution in [0.1, 0.15) is 12.5 Å². The molecule has 7 nitrogen and oxygen atoms in total. The SMILES string of the molecule is Cc1cccc(NC(=O)[C@@H](C)Sc2nc3cc(S(=O)(=O)N(C)C)ccc3o2)c1. The summed E-state index contributed by atoms with van der Waals surface area (Å²) in [6.07, 6.45) is 0. The molecule has 3 rings (SSSR count). The van der Waals surface area contributed by atoms with E-state index in [4.69, 9.17) is 4.42 Å². The lowest BCUT2D eigenvalue weighted by Crippen LogP contribution is -2.22. The molecule has 1 atom stereocenters. The molecule has 0 aliphatic rings. The summed E-state index contributed by atoms with van der Waals surface area (Å²) >= 11 is 1.17. The second-order valence-corrected chi connectivity index (χ2v) is 9.96. The second-order valence-electron chi connectivity index (χ2n) is 6.52. The highest BCUT2D eigenvalue weighted by molar-refractivity contribution is 8.00. The van der Waals surface area contributed by atoms with Gasteiger partial charge in [-0.2, -0.15) is 0 Å². The number of sulfonamides is 1. The number of anilines is 1. The fourth-order valence-electron chi connectivity index (χ4n) is 2.48. The van der Waals surface area contributed by atoms with Gasteiger partial charge in [-0.15, -0.1) is 0 Å². The predicted octanol–water partition coefficient (Wildman–Crippen LogP) is 3.51. The first-order chi connectivity index (χ1) is 13.2. The van der Waals surface area contributed by atoms with Crippen molar-refractivity contribution >= 4 is 44.5 Å². The molecule has 1 N–H and O–H groups in total. The van der Waals surface area contributed by atoms with Gasteiger partial charge in [0, 0.05) is 19.8 Å². The van der Waals surface area contributed by atoms with Crippen LogP contribution in [0.2, 0.25) is 0 Å². The van der Waals surface area contributed by atoms with E-state index >= 15 is 0 Å². The predicted molar refractivity (Wildman–Crippen MR) is 110 cm³/mol. The van der Waals surface area contributed by atoms with E-state index in [0.717, 1.165) is 15.6 Å². The van der Waals surface area contributed by atoms with Crippen molar-refractivity contribution in [3.05, 3.63) is 48.0 Å². The zero-order valence-corrected chi connectivity index (χ0v) is 17.6. The summed E-state index contributed by atoms with van der Waals surface area (Å²) in [4.78, 5) is 16.9. The average Bonchev–Trinajstić information content (AvgIpc) is 3.02. The Bertz CT molecular complexity index is 1120. The molecule has 0 aliphatic heterocycles. The highest BCUT2D eigenvalue weighted by atomic mass is 32.2. The van der Waals surface area contributed by atoms with Gasteiger partial charge in [0.15, 0.2) is 5.58 Å². The number of aromatic nitrogens is 1. The maximum absolute atomic E-state index is 12.4. The van der Waals surface area contributed by atoms with Crippen LogP contribution in [0.4, 0.5) is 5.69 Å². The van der Waals surface area contributed by atoms with Gasteiger partial charge < -0.3 is 9.73 Å². The molecule has 0 aliphatic carbocycles. The molecule has 0 bridgehead atoms. The Labute approximate surface area is 168 Å². The number of hydrogen-bond acceptors (Lipinski definition) is 6. The van der Waals surface area contributed by atoms with Crippen molar-refractivity contribution in [1.82, 2.24) is 9.29 Å². The number of carbonyl (C=O) groups excluding carboxylic acids is 1. The quantitative estimate of drug-likeness (QED) is 0.615. The Kier molecular flexibility index (Phi) is 5.78. The fraction of sp³-hybridized carbons (Fsp3) is 0.263. The Morgan fingerprint density at radius 3 is 2.64 bits per heavy atom. The van der Waals surface area contributed by atoms with Crippen molar-refractivity contribution in [3.8, 4) is 0 Å². The topological polar surface area (TPSA) is 92.5 Å². The third-order valence-electron chi connectivity index (χ3n) is 4.05. The van der Waals surface area contributed by atoms with Crippen LogP contribution in [0.3, 0.4) is 0 Å². The summed E-state index contributed by atoms with van der Waals surface area (Å²) in [5.74, 6) is -0.172. The summed E-state index contributed by atoms with van der Waals surface area (Å²) in [7, 11) is -0.612. The first-order valence-corrected chi connectivity index (χ1v) is 10.9.